The second-order valence-electron chi connectivity index (χ2n) is 9.20. The zero-order valence-electron chi connectivity index (χ0n) is 20.2. The van der Waals surface area contributed by atoms with Gasteiger partial charge in [-0.3, -0.25) is 4.79 Å². The van der Waals surface area contributed by atoms with Crippen LogP contribution in [0.2, 0.25) is 0 Å². The van der Waals surface area contributed by atoms with E-state index in [2.05, 4.69) is 10.0 Å². The Balaban J connectivity index is 1.53. The highest BCUT2D eigenvalue weighted by Gasteiger charge is 2.41. The largest absolute Gasteiger partial charge is 0.497 e. The van der Waals surface area contributed by atoms with Crippen molar-refractivity contribution in [1.29, 1.82) is 0 Å². The van der Waals surface area contributed by atoms with Gasteiger partial charge in [0.1, 0.15) is 5.75 Å². The number of anilines is 1. The summed E-state index contributed by atoms with van der Waals surface area (Å²) >= 11 is 0. The molecule has 1 aliphatic carbocycles. The monoisotopic (exact) mass is 492 g/mol. The molecule has 35 heavy (non-hydrogen) atoms. The average Bonchev–Trinajstić information content (AvgIpc) is 2.88. The van der Waals surface area contributed by atoms with Crippen molar-refractivity contribution < 1.29 is 17.9 Å². The predicted octanol–water partition coefficient (Wildman–Crippen LogP) is 5.25. The molecular weight excluding hydrogens is 460 g/mol. The first-order valence-corrected chi connectivity index (χ1v) is 13.8. The molecule has 0 atom stereocenters. The average molecular weight is 493 g/mol. The second-order valence-corrected chi connectivity index (χ2v) is 11.0. The van der Waals surface area contributed by atoms with E-state index in [4.69, 9.17) is 4.74 Å². The summed E-state index contributed by atoms with van der Waals surface area (Å²) in [4.78, 5) is 13.7. The summed E-state index contributed by atoms with van der Waals surface area (Å²) in [5, 5.41) is 3.19. The number of hydrogen-bond donors (Lipinski definition) is 2. The molecule has 184 valence electrons. The van der Waals surface area contributed by atoms with E-state index >= 15 is 0 Å². The van der Waals surface area contributed by atoms with Crippen molar-refractivity contribution in [2.75, 3.05) is 18.7 Å². The molecule has 0 radical (unpaired) electrons. The van der Waals surface area contributed by atoms with E-state index in [0.717, 1.165) is 72.1 Å². The number of hydrogen-bond acceptors (Lipinski definition) is 4. The maximum atomic E-state index is 13.7. The van der Waals surface area contributed by atoms with Crippen LogP contribution < -0.4 is 14.8 Å². The van der Waals surface area contributed by atoms with Gasteiger partial charge < -0.3 is 10.1 Å². The van der Waals surface area contributed by atoms with Gasteiger partial charge in [-0.2, -0.15) is 0 Å². The fourth-order valence-corrected chi connectivity index (χ4v) is 5.20. The normalized spacial score (nSPS) is 15.4. The van der Waals surface area contributed by atoms with Gasteiger partial charge in [-0.05, 0) is 59.4 Å². The Labute approximate surface area is 207 Å². The molecule has 2 N–H and O–H groups in total. The minimum atomic E-state index is -3.24. The van der Waals surface area contributed by atoms with Crippen LogP contribution in [0.5, 0.6) is 5.75 Å². The third-order valence-electron chi connectivity index (χ3n) is 6.73. The van der Waals surface area contributed by atoms with Gasteiger partial charge in [0, 0.05) is 12.2 Å². The first-order chi connectivity index (χ1) is 16.8. The van der Waals surface area contributed by atoms with Gasteiger partial charge in [0.15, 0.2) is 0 Å². The highest BCUT2D eigenvalue weighted by atomic mass is 32.2. The number of rotatable bonds is 8. The molecule has 3 aromatic rings. The SMILES string of the molecule is COc1ccc(C2(C(=O)Nc3cccc(-c4ccc(CNS(C)(=O)=O)cc4)c3)CCCCC2)cc1. The van der Waals surface area contributed by atoms with E-state index in [1.807, 2.05) is 72.8 Å². The van der Waals surface area contributed by atoms with Crippen LogP contribution in [0.15, 0.2) is 72.8 Å². The van der Waals surface area contributed by atoms with Crippen LogP contribution in [-0.4, -0.2) is 27.7 Å². The van der Waals surface area contributed by atoms with Gasteiger partial charge in [-0.25, -0.2) is 13.1 Å². The van der Waals surface area contributed by atoms with Crippen LogP contribution in [0.25, 0.3) is 11.1 Å². The van der Waals surface area contributed by atoms with Crippen LogP contribution in [-0.2, 0) is 26.8 Å². The standard InChI is InChI=1S/C28H32N2O4S/c1-34-26-15-13-24(14-16-26)28(17-4-3-5-18-28)27(31)30-25-8-6-7-23(19-25)22-11-9-21(10-12-22)20-29-35(2,32)33/h6-16,19,29H,3-5,17-18,20H2,1-2H3,(H,30,31). The highest BCUT2D eigenvalue weighted by molar-refractivity contribution is 7.88. The van der Waals surface area contributed by atoms with Crippen LogP contribution in [0.3, 0.4) is 0 Å². The zero-order valence-corrected chi connectivity index (χ0v) is 21.0. The number of carbonyl (C=O) groups is 1. The lowest BCUT2D eigenvalue weighted by molar-refractivity contribution is -0.122. The van der Waals surface area contributed by atoms with Crippen LogP contribution >= 0.6 is 0 Å². The van der Waals surface area contributed by atoms with E-state index in [1.165, 1.54) is 0 Å². The molecule has 0 saturated heterocycles. The minimum Gasteiger partial charge on any atom is -0.497 e. The Bertz CT molecular complexity index is 1260. The first-order valence-electron chi connectivity index (χ1n) is 11.9. The van der Waals surface area contributed by atoms with E-state index in [1.54, 1.807) is 7.11 Å². The number of methoxy groups -OCH3 is 1. The fourth-order valence-electron chi connectivity index (χ4n) is 4.77. The maximum absolute atomic E-state index is 13.7. The van der Waals surface area contributed by atoms with Crippen molar-refractivity contribution in [3.05, 3.63) is 83.9 Å². The molecule has 0 unspecified atom stereocenters. The van der Waals surface area contributed by atoms with Crippen LogP contribution in [0.4, 0.5) is 5.69 Å². The van der Waals surface area contributed by atoms with E-state index in [0.29, 0.717) is 0 Å². The zero-order chi connectivity index (χ0) is 24.9. The molecule has 4 rings (SSSR count). The van der Waals surface area contributed by atoms with E-state index in [9.17, 15) is 13.2 Å². The van der Waals surface area contributed by atoms with Crippen LogP contribution in [0.1, 0.15) is 43.2 Å². The van der Waals surface area contributed by atoms with E-state index in [-0.39, 0.29) is 12.5 Å². The Hall–Kier alpha value is -3.16. The summed E-state index contributed by atoms with van der Waals surface area (Å²) in [5.74, 6) is 0.813. The van der Waals surface area contributed by atoms with Gasteiger partial charge >= 0.3 is 0 Å². The maximum Gasteiger partial charge on any atom is 0.235 e. The topological polar surface area (TPSA) is 84.5 Å². The molecule has 1 saturated carbocycles. The molecule has 7 heteroatoms. The number of ether oxygens (including phenoxy) is 1. The molecule has 1 amide bonds. The number of amides is 1. The summed E-state index contributed by atoms with van der Waals surface area (Å²) in [7, 11) is -1.59. The summed E-state index contributed by atoms with van der Waals surface area (Å²) in [6, 6.07) is 23.4. The minimum absolute atomic E-state index is 0.0294. The molecule has 0 heterocycles. The third kappa shape index (κ3) is 6.10. The molecule has 1 fully saturated rings. The van der Waals surface area contributed by atoms with Crippen molar-refractivity contribution >= 4 is 21.6 Å². The quantitative estimate of drug-likeness (QED) is 0.450. The van der Waals surface area contributed by atoms with Gasteiger partial charge in [0.25, 0.3) is 0 Å². The van der Waals surface area contributed by atoms with Gasteiger partial charge in [-0.1, -0.05) is 67.8 Å². The smallest absolute Gasteiger partial charge is 0.235 e. The molecular formula is C28H32N2O4S. The summed E-state index contributed by atoms with van der Waals surface area (Å²) in [6.45, 7) is 0.253. The lowest BCUT2D eigenvalue weighted by Crippen LogP contribution is -2.42. The second kappa shape index (κ2) is 10.6. The highest BCUT2D eigenvalue weighted by Crippen LogP contribution is 2.41. The fraction of sp³-hybridized carbons (Fsp3) is 0.321. The van der Waals surface area contributed by atoms with Crippen LogP contribution in [0, 0.1) is 0 Å². The molecule has 0 aromatic heterocycles. The van der Waals surface area contributed by atoms with Gasteiger partial charge in [0.2, 0.25) is 15.9 Å². The first kappa shape index (κ1) is 24.9. The third-order valence-corrected chi connectivity index (χ3v) is 7.40. The Kier molecular flexibility index (Phi) is 7.57. The van der Waals surface area contributed by atoms with Crippen molar-refractivity contribution in [2.24, 2.45) is 0 Å². The summed E-state index contributed by atoms with van der Waals surface area (Å²) < 4.78 is 30.5. The Morgan fingerprint density at radius 1 is 0.914 bits per heavy atom. The van der Waals surface area contributed by atoms with Crippen molar-refractivity contribution in [1.82, 2.24) is 4.72 Å². The lowest BCUT2D eigenvalue weighted by atomic mass is 9.68. The molecule has 1 aliphatic rings. The molecule has 6 nitrogen and oxygen atoms in total. The lowest BCUT2D eigenvalue weighted by Gasteiger charge is -2.36. The number of sulfonamides is 1. The Morgan fingerprint density at radius 2 is 1.60 bits per heavy atom. The summed E-state index contributed by atoms with van der Waals surface area (Å²) in [6.07, 6.45) is 6.01. The molecule has 3 aromatic carbocycles. The predicted molar refractivity (Wildman–Crippen MR) is 140 cm³/mol. The Morgan fingerprint density at radius 3 is 2.23 bits per heavy atom. The number of nitrogens with one attached hydrogen (secondary N) is 2. The summed E-state index contributed by atoms with van der Waals surface area (Å²) in [5.41, 5.74) is 4.09. The van der Waals surface area contributed by atoms with E-state index < -0.39 is 15.4 Å². The van der Waals surface area contributed by atoms with Gasteiger partial charge in [0.05, 0.1) is 18.8 Å². The molecule has 0 aliphatic heterocycles. The number of carbonyl (C=O) groups excluding carboxylic acids is 1. The van der Waals surface area contributed by atoms with Crippen molar-refractivity contribution in [2.45, 2.75) is 44.1 Å². The van der Waals surface area contributed by atoms with Crippen molar-refractivity contribution in [3.63, 3.8) is 0 Å². The van der Waals surface area contributed by atoms with Gasteiger partial charge in [-0.15, -0.1) is 0 Å². The van der Waals surface area contributed by atoms with Crippen molar-refractivity contribution in [3.8, 4) is 16.9 Å². The molecule has 0 spiro atoms. The molecule has 0 bridgehead atoms. The number of benzene rings is 3.